The third-order valence-electron chi connectivity index (χ3n) is 6.21. The lowest BCUT2D eigenvalue weighted by atomic mass is 9.87. The molecule has 3 aromatic rings. The van der Waals surface area contributed by atoms with Crippen molar-refractivity contribution in [2.75, 3.05) is 17.3 Å². The number of hydrogen-bond donors (Lipinski definition) is 1. The van der Waals surface area contributed by atoms with Crippen molar-refractivity contribution in [2.45, 2.75) is 40.0 Å². The first-order valence-electron chi connectivity index (χ1n) is 11.3. The van der Waals surface area contributed by atoms with Crippen molar-refractivity contribution in [3.8, 4) is 5.75 Å². The summed E-state index contributed by atoms with van der Waals surface area (Å²) in [5.41, 5.74) is 5.82. The number of hydrogen-bond acceptors (Lipinski definition) is 4. The summed E-state index contributed by atoms with van der Waals surface area (Å²) in [4.78, 5) is 28.6. The van der Waals surface area contributed by atoms with Gasteiger partial charge in [-0.3, -0.25) is 9.59 Å². The Morgan fingerprint density at radius 1 is 0.824 bits per heavy atom. The van der Waals surface area contributed by atoms with Crippen LogP contribution in [0.1, 0.15) is 43.0 Å². The maximum atomic E-state index is 13.7. The molecule has 1 N–H and O–H groups in total. The minimum atomic E-state index is -0.385. The van der Waals surface area contributed by atoms with Gasteiger partial charge in [-0.15, -0.1) is 0 Å². The fourth-order valence-corrected chi connectivity index (χ4v) is 4.00. The van der Waals surface area contributed by atoms with Crippen molar-refractivity contribution in [3.05, 3.63) is 94.7 Å². The lowest BCUT2D eigenvalue weighted by Crippen LogP contribution is -2.32. The fourth-order valence-electron chi connectivity index (χ4n) is 4.00. The van der Waals surface area contributed by atoms with Gasteiger partial charge in [-0.25, -0.2) is 4.90 Å². The average Bonchev–Trinajstić information content (AvgIpc) is 3.04. The van der Waals surface area contributed by atoms with Gasteiger partial charge >= 0.3 is 0 Å². The lowest BCUT2D eigenvalue weighted by molar-refractivity contribution is -0.120. The Morgan fingerprint density at radius 2 is 1.53 bits per heavy atom. The molecule has 0 aromatic heterocycles. The van der Waals surface area contributed by atoms with Crippen LogP contribution in [0.15, 0.2) is 72.4 Å². The highest BCUT2D eigenvalue weighted by atomic mass is 16.5. The smallest absolute Gasteiger partial charge is 0.282 e. The van der Waals surface area contributed by atoms with Crippen molar-refractivity contribution in [3.63, 3.8) is 0 Å². The van der Waals surface area contributed by atoms with Crippen LogP contribution >= 0.6 is 0 Å². The lowest BCUT2D eigenvalue weighted by Gasteiger charge is -2.21. The van der Waals surface area contributed by atoms with Crippen molar-refractivity contribution >= 4 is 28.8 Å². The number of carbonyl (C=O) groups is 2. The molecular weight excluding hydrogens is 424 g/mol. The number of ether oxygens (including phenoxy) is 1. The van der Waals surface area contributed by atoms with E-state index in [1.54, 1.807) is 13.2 Å². The first-order valence-corrected chi connectivity index (χ1v) is 11.3. The molecule has 0 spiro atoms. The Bertz CT molecular complexity index is 1300. The van der Waals surface area contributed by atoms with E-state index in [0.29, 0.717) is 28.3 Å². The quantitative estimate of drug-likeness (QED) is 0.480. The molecule has 0 saturated heterocycles. The molecule has 2 amide bonds. The van der Waals surface area contributed by atoms with E-state index in [1.807, 2.05) is 74.5 Å². The van der Waals surface area contributed by atoms with E-state index in [-0.39, 0.29) is 22.9 Å². The summed E-state index contributed by atoms with van der Waals surface area (Å²) in [6.07, 6.45) is 0. The predicted octanol–water partition coefficient (Wildman–Crippen LogP) is 6.01. The highest BCUT2D eigenvalue weighted by Gasteiger charge is 2.40. The van der Waals surface area contributed by atoms with E-state index in [0.717, 1.165) is 16.7 Å². The van der Waals surface area contributed by atoms with Gasteiger partial charge in [0.1, 0.15) is 11.4 Å². The number of benzene rings is 3. The Labute approximate surface area is 201 Å². The SMILES string of the molecule is COc1cccc(NC2=C(c3ccc(C)c(C)c3)C(=O)N(c3ccc(C(C)(C)C)cc3)C2=O)c1. The molecule has 0 fully saturated rings. The zero-order chi connectivity index (χ0) is 24.6. The number of carbonyl (C=O) groups excluding carboxylic acids is 2. The zero-order valence-corrected chi connectivity index (χ0v) is 20.5. The number of methoxy groups -OCH3 is 1. The zero-order valence-electron chi connectivity index (χ0n) is 20.5. The maximum absolute atomic E-state index is 13.7. The van der Waals surface area contributed by atoms with Crippen molar-refractivity contribution in [1.29, 1.82) is 0 Å². The summed E-state index contributed by atoms with van der Waals surface area (Å²) in [6, 6.07) is 20.7. The third-order valence-corrected chi connectivity index (χ3v) is 6.21. The molecule has 1 heterocycles. The second kappa shape index (κ2) is 8.82. The number of anilines is 2. The minimum Gasteiger partial charge on any atom is -0.497 e. The number of nitrogens with one attached hydrogen (secondary N) is 1. The standard InChI is InChI=1S/C29H30N2O3/c1-18-10-11-20(16-19(18)2)25-26(30-22-8-7-9-24(17-22)34-6)28(33)31(27(25)32)23-14-12-21(13-15-23)29(3,4)5/h7-17,30H,1-6H3. The van der Waals surface area contributed by atoms with Crippen LogP contribution in [0.5, 0.6) is 5.75 Å². The van der Waals surface area contributed by atoms with Gasteiger partial charge in [0.05, 0.1) is 18.4 Å². The average molecular weight is 455 g/mol. The van der Waals surface area contributed by atoms with Gasteiger partial charge in [-0.05, 0) is 65.8 Å². The molecule has 174 valence electrons. The summed E-state index contributed by atoms with van der Waals surface area (Å²) in [5, 5.41) is 3.20. The van der Waals surface area contributed by atoms with Gasteiger partial charge < -0.3 is 10.1 Å². The molecule has 1 aliphatic rings. The Balaban J connectivity index is 1.80. The molecule has 0 radical (unpaired) electrons. The summed E-state index contributed by atoms with van der Waals surface area (Å²) in [5.74, 6) is -0.0727. The number of nitrogens with zero attached hydrogens (tertiary/aromatic N) is 1. The molecule has 4 rings (SSSR count). The molecular formula is C29H30N2O3. The van der Waals surface area contributed by atoms with Crippen LogP contribution in [-0.4, -0.2) is 18.9 Å². The van der Waals surface area contributed by atoms with Crippen LogP contribution in [-0.2, 0) is 15.0 Å². The van der Waals surface area contributed by atoms with E-state index < -0.39 is 0 Å². The van der Waals surface area contributed by atoms with Crippen LogP contribution in [0.2, 0.25) is 0 Å². The van der Waals surface area contributed by atoms with Crippen LogP contribution in [0, 0.1) is 13.8 Å². The molecule has 0 unspecified atom stereocenters. The summed E-state index contributed by atoms with van der Waals surface area (Å²) in [6.45, 7) is 10.4. The van der Waals surface area contributed by atoms with Crippen LogP contribution < -0.4 is 15.0 Å². The first-order chi connectivity index (χ1) is 16.1. The van der Waals surface area contributed by atoms with Gasteiger partial charge in [0.15, 0.2) is 0 Å². The number of amides is 2. The highest BCUT2D eigenvalue weighted by Crippen LogP contribution is 2.35. The largest absolute Gasteiger partial charge is 0.497 e. The van der Waals surface area contributed by atoms with E-state index in [4.69, 9.17) is 4.74 Å². The molecule has 3 aromatic carbocycles. The van der Waals surface area contributed by atoms with Gasteiger partial charge in [0.2, 0.25) is 0 Å². The van der Waals surface area contributed by atoms with Gasteiger partial charge in [-0.1, -0.05) is 57.2 Å². The summed E-state index contributed by atoms with van der Waals surface area (Å²) >= 11 is 0. The second-order valence-corrected chi connectivity index (χ2v) is 9.65. The first kappa shape index (κ1) is 23.3. The molecule has 5 heteroatoms. The van der Waals surface area contributed by atoms with Gasteiger partial charge in [-0.2, -0.15) is 0 Å². The molecule has 5 nitrogen and oxygen atoms in total. The Hall–Kier alpha value is -3.86. The van der Waals surface area contributed by atoms with E-state index in [1.165, 1.54) is 4.90 Å². The van der Waals surface area contributed by atoms with Gasteiger partial charge in [0.25, 0.3) is 11.8 Å². The third kappa shape index (κ3) is 4.34. The van der Waals surface area contributed by atoms with Crippen molar-refractivity contribution in [1.82, 2.24) is 0 Å². The number of rotatable bonds is 5. The summed E-state index contributed by atoms with van der Waals surface area (Å²) in [7, 11) is 1.59. The minimum absolute atomic E-state index is 0.0283. The van der Waals surface area contributed by atoms with E-state index in [2.05, 4.69) is 26.1 Å². The van der Waals surface area contributed by atoms with E-state index >= 15 is 0 Å². The van der Waals surface area contributed by atoms with Crippen LogP contribution in [0.3, 0.4) is 0 Å². The summed E-state index contributed by atoms with van der Waals surface area (Å²) < 4.78 is 5.32. The van der Waals surface area contributed by atoms with Crippen LogP contribution in [0.25, 0.3) is 5.57 Å². The van der Waals surface area contributed by atoms with Crippen molar-refractivity contribution in [2.24, 2.45) is 0 Å². The Morgan fingerprint density at radius 3 is 2.15 bits per heavy atom. The molecule has 0 atom stereocenters. The molecule has 1 aliphatic heterocycles. The normalized spacial score (nSPS) is 14.1. The van der Waals surface area contributed by atoms with E-state index in [9.17, 15) is 9.59 Å². The highest BCUT2D eigenvalue weighted by molar-refractivity contribution is 6.46. The molecule has 0 saturated carbocycles. The number of aryl methyl sites for hydroxylation is 2. The molecule has 0 bridgehead atoms. The van der Waals surface area contributed by atoms with Gasteiger partial charge in [0, 0.05) is 11.8 Å². The second-order valence-electron chi connectivity index (χ2n) is 9.65. The molecule has 0 aliphatic carbocycles. The maximum Gasteiger partial charge on any atom is 0.282 e. The fraction of sp³-hybridized carbons (Fsp3) is 0.241. The number of imide groups is 1. The van der Waals surface area contributed by atoms with Crippen LogP contribution in [0.4, 0.5) is 11.4 Å². The monoisotopic (exact) mass is 454 g/mol. The molecule has 34 heavy (non-hydrogen) atoms. The topological polar surface area (TPSA) is 58.6 Å². The Kier molecular flexibility index (Phi) is 6.05. The predicted molar refractivity (Wildman–Crippen MR) is 137 cm³/mol. The van der Waals surface area contributed by atoms with Crippen molar-refractivity contribution < 1.29 is 14.3 Å².